The van der Waals surface area contributed by atoms with Crippen LogP contribution in [0.3, 0.4) is 0 Å². The Morgan fingerprint density at radius 3 is 2.21 bits per heavy atom. The zero-order valence-electron chi connectivity index (χ0n) is 15.7. The smallest absolute Gasteiger partial charge is 0.465 e. The minimum absolute atomic E-state index is 0.0183. The number of ether oxygens (including phenoxy) is 1. The SMILES string of the molecule is CC(C)(C)C[C@@H]1CN(C(=O)O)CCN1S(=O)(=O)c1ccc(OC(F)(F)F)cc1. The summed E-state index contributed by atoms with van der Waals surface area (Å²) >= 11 is 0. The molecule has 1 atom stereocenters. The minimum Gasteiger partial charge on any atom is -0.465 e. The van der Waals surface area contributed by atoms with Crippen molar-refractivity contribution in [3.63, 3.8) is 0 Å². The number of rotatable bonds is 4. The van der Waals surface area contributed by atoms with Gasteiger partial charge in [0.05, 0.1) is 4.90 Å². The molecule has 1 aromatic rings. The van der Waals surface area contributed by atoms with Gasteiger partial charge in [-0.25, -0.2) is 13.2 Å². The third-order valence-electron chi connectivity index (χ3n) is 4.21. The minimum atomic E-state index is -4.87. The molecule has 0 bridgehead atoms. The van der Waals surface area contributed by atoms with Crippen molar-refractivity contribution >= 4 is 16.1 Å². The van der Waals surface area contributed by atoms with Crippen molar-refractivity contribution in [2.75, 3.05) is 19.6 Å². The van der Waals surface area contributed by atoms with Gasteiger partial charge < -0.3 is 14.7 Å². The zero-order chi connectivity index (χ0) is 21.3. The molecule has 1 heterocycles. The summed E-state index contributed by atoms with van der Waals surface area (Å²) in [7, 11) is -4.02. The number of halogens is 3. The van der Waals surface area contributed by atoms with Gasteiger partial charge in [0.1, 0.15) is 5.75 Å². The molecule has 1 saturated heterocycles. The van der Waals surface area contributed by atoms with Gasteiger partial charge in [0.15, 0.2) is 0 Å². The number of piperazine rings is 1. The molecule has 0 saturated carbocycles. The van der Waals surface area contributed by atoms with Crippen LogP contribution >= 0.6 is 0 Å². The first kappa shape index (κ1) is 22.3. The number of hydrogen-bond donors (Lipinski definition) is 1. The van der Waals surface area contributed by atoms with Crippen LogP contribution < -0.4 is 4.74 Å². The first-order chi connectivity index (χ1) is 12.7. The Hall–Kier alpha value is -2.01. The molecule has 11 heteroatoms. The van der Waals surface area contributed by atoms with Gasteiger partial charge in [-0.2, -0.15) is 4.31 Å². The third kappa shape index (κ3) is 5.74. The molecule has 0 spiro atoms. The van der Waals surface area contributed by atoms with Crippen molar-refractivity contribution in [3.8, 4) is 5.75 Å². The maximum atomic E-state index is 13.1. The molecule has 1 aromatic carbocycles. The Kier molecular flexibility index (Phi) is 6.19. The van der Waals surface area contributed by atoms with E-state index in [1.807, 2.05) is 20.8 Å². The molecule has 0 aliphatic carbocycles. The largest absolute Gasteiger partial charge is 0.573 e. The van der Waals surface area contributed by atoms with Crippen LogP contribution in [0.4, 0.5) is 18.0 Å². The molecular weight excluding hydrogens is 401 g/mol. The van der Waals surface area contributed by atoms with Crippen LogP contribution in [0.5, 0.6) is 5.75 Å². The van der Waals surface area contributed by atoms with Gasteiger partial charge in [-0.15, -0.1) is 13.2 Å². The number of alkyl halides is 3. The highest BCUT2D eigenvalue weighted by Gasteiger charge is 2.39. The van der Waals surface area contributed by atoms with Crippen LogP contribution in [0.2, 0.25) is 0 Å². The lowest BCUT2D eigenvalue weighted by Gasteiger charge is -2.41. The summed E-state index contributed by atoms with van der Waals surface area (Å²) in [6.45, 7) is 5.77. The number of nitrogens with zero attached hydrogens (tertiary/aromatic N) is 2. The van der Waals surface area contributed by atoms with E-state index < -0.39 is 34.3 Å². The second-order valence-electron chi connectivity index (χ2n) is 7.78. The molecule has 158 valence electrons. The van der Waals surface area contributed by atoms with Gasteiger partial charge in [-0.05, 0) is 36.1 Å². The summed E-state index contributed by atoms with van der Waals surface area (Å²) < 4.78 is 67.9. The van der Waals surface area contributed by atoms with E-state index in [1.165, 1.54) is 9.21 Å². The Balaban J connectivity index is 2.29. The first-order valence-corrected chi connectivity index (χ1v) is 9.98. The Morgan fingerprint density at radius 1 is 1.18 bits per heavy atom. The topological polar surface area (TPSA) is 87.2 Å². The van der Waals surface area contributed by atoms with Crippen LogP contribution in [0, 0.1) is 5.41 Å². The highest BCUT2D eigenvalue weighted by molar-refractivity contribution is 7.89. The number of carboxylic acid groups (broad SMARTS) is 1. The highest BCUT2D eigenvalue weighted by atomic mass is 32.2. The van der Waals surface area contributed by atoms with Crippen molar-refractivity contribution in [1.82, 2.24) is 9.21 Å². The Labute approximate surface area is 161 Å². The molecule has 28 heavy (non-hydrogen) atoms. The van der Waals surface area contributed by atoms with E-state index in [2.05, 4.69) is 4.74 Å². The summed E-state index contributed by atoms with van der Waals surface area (Å²) in [5.41, 5.74) is -0.260. The molecule has 1 amide bonds. The summed E-state index contributed by atoms with van der Waals surface area (Å²) in [5.74, 6) is -0.520. The number of benzene rings is 1. The molecule has 1 N–H and O–H groups in total. The van der Waals surface area contributed by atoms with E-state index >= 15 is 0 Å². The van der Waals surface area contributed by atoms with Crippen LogP contribution in [0.15, 0.2) is 29.2 Å². The fourth-order valence-electron chi connectivity index (χ4n) is 3.15. The monoisotopic (exact) mass is 424 g/mol. The van der Waals surface area contributed by atoms with Gasteiger partial charge in [0, 0.05) is 25.7 Å². The van der Waals surface area contributed by atoms with Crippen molar-refractivity contribution in [2.45, 2.75) is 44.5 Å². The van der Waals surface area contributed by atoms with E-state index in [9.17, 15) is 31.5 Å². The van der Waals surface area contributed by atoms with E-state index in [0.29, 0.717) is 6.42 Å². The number of carbonyl (C=O) groups is 1. The second-order valence-corrected chi connectivity index (χ2v) is 9.67. The molecular formula is C17H23F3N2O5S. The predicted octanol–water partition coefficient (Wildman–Crippen LogP) is 3.37. The molecule has 0 aromatic heterocycles. The van der Waals surface area contributed by atoms with E-state index in [-0.39, 0.29) is 29.9 Å². The molecule has 1 aliphatic rings. The summed E-state index contributed by atoms with van der Waals surface area (Å²) in [5, 5.41) is 9.24. The van der Waals surface area contributed by atoms with Gasteiger partial charge in [-0.3, -0.25) is 0 Å². The Bertz CT molecular complexity index is 804. The maximum Gasteiger partial charge on any atom is 0.573 e. The van der Waals surface area contributed by atoms with E-state index in [0.717, 1.165) is 24.3 Å². The average Bonchev–Trinajstić information content (AvgIpc) is 2.52. The predicted molar refractivity (Wildman–Crippen MR) is 94.5 cm³/mol. The Morgan fingerprint density at radius 2 is 1.75 bits per heavy atom. The molecule has 0 unspecified atom stereocenters. The maximum absolute atomic E-state index is 13.1. The highest BCUT2D eigenvalue weighted by Crippen LogP contribution is 2.31. The van der Waals surface area contributed by atoms with Crippen molar-refractivity contribution in [3.05, 3.63) is 24.3 Å². The average molecular weight is 424 g/mol. The summed E-state index contributed by atoms with van der Waals surface area (Å²) in [4.78, 5) is 12.3. The molecule has 7 nitrogen and oxygen atoms in total. The van der Waals surface area contributed by atoms with Crippen molar-refractivity contribution in [1.29, 1.82) is 0 Å². The fraction of sp³-hybridized carbons (Fsp3) is 0.588. The van der Waals surface area contributed by atoms with Crippen molar-refractivity contribution < 1.29 is 36.2 Å². The van der Waals surface area contributed by atoms with Crippen LogP contribution in [0.1, 0.15) is 27.2 Å². The van der Waals surface area contributed by atoms with Crippen LogP contribution in [-0.2, 0) is 10.0 Å². The van der Waals surface area contributed by atoms with Crippen LogP contribution in [0.25, 0.3) is 0 Å². The van der Waals surface area contributed by atoms with Gasteiger partial charge in [-0.1, -0.05) is 20.8 Å². The third-order valence-corrected chi connectivity index (χ3v) is 6.18. The van der Waals surface area contributed by atoms with Crippen LogP contribution in [-0.4, -0.2) is 60.9 Å². The standard InChI is InChI=1S/C17H23F3N2O5S/c1-16(2,3)10-12-11-21(15(23)24)8-9-22(12)28(25,26)14-6-4-13(5-7-14)27-17(18,19)20/h4-7,12H,8-11H2,1-3H3,(H,23,24)/t12-/m1/s1. The lowest BCUT2D eigenvalue weighted by Crippen LogP contribution is -2.57. The number of sulfonamides is 1. The molecule has 2 rings (SSSR count). The van der Waals surface area contributed by atoms with Gasteiger partial charge >= 0.3 is 12.5 Å². The van der Waals surface area contributed by atoms with Gasteiger partial charge in [0.25, 0.3) is 0 Å². The molecule has 0 radical (unpaired) electrons. The number of hydrogen-bond acceptors (Lipinski definition) is 4. The molecule has 1 fully saturated rings. The zero-order valence-corrected chi connectivity index (χ0v) is 16.5. The second kappa shape index (κ2) is 7.78. The fourth-order valence-corrected chi connectivity index (χ4v) is 4.76. The summed E-state index contributed by atoms with van der Waals surface area (Å²) in [6, 6.07) is 3.39. The number of amides is 1. The van der Waals surface area contributed by atoms with E-state index in [4.69, 9.17) is 0 Å². The van der Waals surface area contributed by atoms with E-state index in [1.54, 1.807) is 0 Å². The summed E-state index contributed by atoms with van der Waals surface area (Å²) in [6.07, 6.45) is -5.57. The lowest BCUT2D eigenvalue weighted by molar-refractivity contribution is -0.274. The lowest BCUT2D eigenvalue weighted by atomic mass is 9.87. The van der Waals surface area contributed by atoms with Crippen molar-refractivity contribution in [2.24, 2.45) is 5.41 Å². The quantitative estimate of drug-likeness (QED) is 0.801. The normalized spacial score (nSPS) is 19.5. The van der Waals surface area contributed by atoms with Gasteiger partial charge in [0.2, 0.25) is 10.0 Å². The molecule has 1 aliphatic heterocycles. The first-order valence-electron chi connectivity index (χ1n) is 8.54.